The predicted octanol–water partition coefficient (Wildman–Crippen LogP) is 4.39. The molecule has 5 rings (SSSR count). The van der Waals surface area contributed by atoms with Crippen LogP contribution < -0.4 is 0 Å². The van der Waals surface area contributed by atoms with Crippen LogP contribution in [0, 0.1) is 5.92 Å². The number of hydrogen-bond donors (Lipinski definition) is 0. The summed E-state index contributed by atoms with van der Waals surface area (Å²) in [5, 5.41) is 2.37. The molecule has 3 aromatic rings. The molecule has 1 saturated heterocycles. The molecule has 4 heteroatoms. The molecule has 2 aliphatic rings. The molecule has 1 fully saturated rings. The first-order chi connectivity index (χ1) is 14.7. The lowest BCUT2D eigenvalue weighted by Gasteiger charge is -2.32. The number of likely N-dealkylation sites (tertiary alicyclic amines) is 1. The number of carbonyl (C=O) groups excluding carboxylic acids is 2. The number of rotatable bonds is 5. The van der Waals surface area contributed by atoms with Crippen molar-refractivity contribution in [2.24, 2.45) is 5.92 Å². The van der Waals surface area contributed by atoms with Crippen LogP contribution in [0.1, 0.15) is 46.3 Å². The molecular weight excluding hydrogens is 372 g/mol. The number of aryl methyl sites for hydroxylation is 3. The Bertz CT molecular complexity index is 1100. The summed E-state index contributed by atoms with van der Waals surface area (Å²) in [6.07, 6.45) is 8.58. The molecule has 1 aliphatic carbocycles. The van der Waals surface area contributed by atoms with E-state index in [4.69, 9.17) is 0 Å². The lowest BCUT2D eigenvalue weighted by atomic mass is 9.87. The van der Waals surface area contributed by atoms with E-state index < -0.39 is 0 Å². The summed E-state index contributed by atoms with van der Waals surface area (Å²) in [5.41, 5.74) is 4.61. The van der Waals surface area contributed by atoms with Gasteiger partial charge in [-0.05, 0) is 65.6 Å². The van der Waals surface area contributed by atoms with Gasteiger partial charge in [0.2, 0.25) is 5.91 Å². The molecule has 1 aromatic heterocycles. The van der Waals surface area contributed by atoms with Crippen molar-refractivity contribution in [3.05, 3.63) is 77.1 Å². The highest BCUT2D eigenvalue weighted by Crippen LogP contribution is 2.34. The van der Waals surface area contributed by atoms with Gasteiger partial charge in [0.15, 0.2) is 5.78 Å². The van der Waals surface area contributed by atoms with Gasteiger partial charge in [0.1, 0.15) is 0 Å². The van der Waals surface area contributed by atoms with Gasteiger partial charge in [-0.15, -0.1) is 0 Å². The molecule has 4 nitrogen and oxygen atoms in total. The van der Waals surface area contributed by atoms with E-state index in [-0.39, 0.29) is 17.6 Å². The normalized spacial score (nSPS) is 18.0. The zero-order chi connectivity index (χ0) is 20.5. The molecule has 2 heterocycles. The van der Waals surface area contributed by atoms with Crippen LogP contribution in [0.3, 0.4) is 0 Å². The molecular formula is C26H26N2O2. The van der Waals surface area contributed by atoms with Crippen LogP contribution in [0.5, 0.6) is 0 Å². The molecule has 0 saturated carbocycles. The number of nitrogens with zero attached hydrogens (tertiary/aromatic N) is 2. The lowest BCUT2D eigenvalue weighted by Crippen LogP contribution is -2.42. The maximum atomic E-state index is 13.5. The first-order valence-electron chi connectivity index (χ1n) is 10.9. The van der Waals surface area contributed by atoms with Crippen molar-refractivity contribution in [2.75, 3.05) is 13.1 Å². The van der Waals surface area contributed by atoms with Gasteiger partial charge in [-0.25, -0.2) is 0 Å². The second-order valence-electron chi connectivity index (χ2n) is 8.52. The molecule has 2 aromatic carbocycles. The summed E-state index contributed by atoms with van der Waals surface area (Å²) >= 11 is 0. The highest BCUT2D eigenvalue weighted by atomic mass is 16.2. The van der Waals surface area contributed by atoms with Crippen LogP contribution in [0.25, 0.3) is 10.8 Å². The Kier molecular flexibility index (Phi) is 5.07. The Morgan fingerprint density at radius 3 is 2.73 bits per heavy atom. The monoisotopic (exact) mass is 398 g/mol. The standard InChI is InChI=1S/C26H26N2O2/c29-24(13-8-18-4-2-14-27-16-18)28-15-3-6-21(17-28)26(30)23-12-11-20-10-9-19-5-1-7-22(23)25(19)20/h1-2,4-5,7,11-12,14,16,21H,3,6,8-10,13,15,17H2/t21-/m0/s1. The lowest BCUT2D eigenvalue weighted by molar-refractivity contribution is -0.132. The Balaban J connectivity index is 1.31. The van der Waals surface area contributed by atoms with E-state index in [1.54, 1.807) is 6.20 Å². The van der Waals surface area contributed by atoms with Gasteiger partial charge in [-0.1, -0.05) is 36.4 Å². The van der Waals surface area contributed by atoms with Crippen molar-refractivity contribution >= 4 is 22.5 Å². The molecule has 30 heavy (non-hydrogen) atoms. The first-order valence-corrected chi connectivity index (χ1v) is 10.9. The summed E-state index contributed by atoms with van der Waals surface area (Å²) < 4.78 is 0. The zero-order valence-electron chi connectivity index (χ0n) is 17.1. The molecule has 0 radical (unpaired) electrons. The van der Waals surface area contributed by atoms with Crippen molar-refractivity contribution in [3.8, 4) is 0 Å². The third-order valence-electron chi connectivity index (χ3n) is 6.64. The van der Waals surface area contributed by atoms with Crippen LogP contribution in [0.4, 0.5) is 0 Å². The number of hydrogen-bond acceptors (Lipinski definition) is 3. The Labute approximate surface area is 176 Å². The van der Waals surface area contributed by atoms with Gasteiger partial charge in [0, 0.05) is 43.4 Å². The highest BCUT2D eigenvalue weighted by molar-refractivity contribution is 6.11. The molecule has 0 N–H and O–H groups in total. The third-order valence-corrected chi connectivity index (χ3v) is 6.64. The fourth-order valence-electron chi connectivity index (χ4n) is 5.05. The second kappa shape index (κ2) is 8.02. The molecule has 152 valence electrons. The van der Waals surface area contributed by atoms with E-state index in [9.17, 15) is 9.59 Å². The minimum absolute atomic E-state index is 0.112. The first kappa shape index (κ1) is 19.0. The third kappa shape index (κ3) is 3.51. The number of benzene rings is 2. The number of Topliss-reactive ketones (excluding diaryl/α,β-unsaturated/α-hetero) is 1. The summed E-state index contributed by atoms with van der Waals surface area (Å²) in [6, 6.07) is 14.4. The fourth-order valence-corrected chi connectivity index (χ4v) is 5.05. The van der Waals surface area contributed by atoms with Crippen molar-refractivity contribution in [3.63, 3.8) is 0 Å². The van der Waals surface area contributed by atoms with Gasteiger partial charge in [0.05, 0.1) is 0 Å². The van der Waals surface area contributed by atoms with Crippen LogP contribution in [0.15, 0.2) is 54.9 Å². The van der Waals surface area contributed by atoms with E-state index in [0.717, 1.165) is 48.7 Å². The summed E-state index contributed by atoms with van der Waals surface area (Å²) in [5.74, 6) is 0.215. The molecule has 0 spiro atoms. The van der Waals surface area contributed by atoms with Crippen LogP contribution in [-0.4, -0.2) is 34.7 Å². The van der Waals surface area contributed by atoms with Gasteiger partial charge >= 0.3 is 0 Å². The molecule has 0 unspecified atom stereocenters. The summed E-state index contributed by atoms with van der Waals surface area (Å²) in [6.45, 7) is 1.28. The summed E-state index contributed by atoms with van der Waals surface area (Å²) in [7, 11) is 0. The summed E-state index contributed by atoms with van der Waals surface area (Å²) in [4.78, 5) is 32.2. The largest absolute Gasteiger partial charge is 0.342 e. The SMILES string of the molecule is O=C(c1ccc2c3c(cccc13)CC2)[C@H]1CCCN(C(=O)CCc2cccnc2)C1. The minimum atomic E-state index is -0.112. The number of piperidine rings is 1. The number of pyridine rings is 1. The van der Waals surface area contributed by atoms with Crippen molar-refractivity contribution in [1.82, 2.24) is 9.88 Å². The van der Waals surface area contributed by atoms with E-state index >= 15 is 0 Å². The number of carbonyl (C=O) groups is 2. The topological polar surface area (TPSA) is 50.3 Å². The molecule has 1 atom stereocenters. The van der Waals surface area contributed by atoms with E-state index in [1.165, 1.54) is 16.5 Å². The number of ketones is 1. The van der Waals surface area contributed by atoms with E-state index in [0.29, 0.717) is 19.4 Å². The van der Waals surface area contributed by atoms with Gasteiger partial charge in [-0.2, -0.15) is 0 Å². The van der Waals surface area contributed by atoms with Gasteiger partial charge in [0.25, 0.3) is 0 Å². The maximum absolute atomic E-state index is 13.5. The van der Waals surface area contributed by atoms with Crippen molar-refractivity contribution in [1.29, 1.82) is 0 Å². The quantitative estimate of drug-likeness (QED) is 0.599. The minimum Gasteiger partial charge on any atom is -0.342 e. The van der Waals surface area contributed by atoms with E-state index in [1.807, 2.05) is 29.3 Å². The zero-order valence-corrected chi connectivity index (χ0v) is 17.1. The average molecular weight is 399 g/mol. The maximum Gasteiger partial charge on any atom is 0.222 e. The highest BCUT2D eigenvalue weighted by Gasteiger charge is 2.30. The smallest absolute Gasteiger partial charge is 0.222 e. The van der Waals surface area contributed by atoms with Gasteiger partial charge in [-0.3, -0.25) is 14.6 Å². The Hall–Kier alpha value is -3.01. The van der Waals surface area contributed by atoms with Gasteiger partial charge < -0.3 is 4.90 Å². The Morgan fingerprint density at radius 2 is 1.90 bits per heavy atom. The second-order valence-corrected chi connectivity index (χ2v) is 8.52. The van der Waals surface area contributed by atoms with Crippen LogP contribution in [0.2, 0.25) is 0 Å². The predicted molar refractivity (Wildman–Crippen MR) is 118 cm³/mol. The van der Waals surface area contributed by atoms with Crippen LogP contribution >= 0.6 is 0 Å². The van der Waals surface area contributed by atoms with E-state index in [2.05, 4.69) is 29.2 Å². The fraction of sp³-hybridized carbons (Fsp3) is 0.346. The Morgan fingerprint density at radius 1 is 1.03 bits per heavy atom. The molecule has 1 amide bonds. The van der Waals surface area contributed by atoms with Crippen LogP contribution in [-0.2, 0) is 24.1 Å². The number of amides is 1. The average Bonchev–Trinajstić information content (AvgIpc) is 3.23. The number of aromatic nitrogens is 1. The molecule has 0 bridgehead atoms. The van der Waals surface area contributed by atoms with Crippen molar-refractivity contribution < 1.29 is 9.59 Å². The van der Waals surface area contributed by atoms with Crippen molar-refractivity contribution in [2.45, 2.75) is 38.5 Å². The molecule has 1 aliphatic heterocycles.